The number of aryl methyl sites for hydroxylation is 2. The average molecular weight is 461 g/mol. The van der Waals surface area contributed by atoms with E-state index in [1.807, 2.05) is 13.0 Å². The number of hydrogen-bond donors (Lipinski definition) is 0. The van der Waals surface area contributed by atoms with Crippen LogP contribution in [0.2, 0.25) is 5.02 Å². The third-order valence-corrected chi connectivity index (χ3v) is 8.39. The molecule has 2 heterocycles. The fourth-order valence-electron chi connectivity index (χ4n) is 3.73. The maximum Gasteiger partial charge on any atom is 0.256 e. The third-order valence-electron chi connectivity index (χ3n) is 5.20. The molecule has 0 atom stereocenters. The monoisotopic (exact) mass is 460 g/mol. The predicted molar refractivity (Wildman–Crippen MR) is 121 cm³/mol. The van der Waals surface area contributed by atoms with Crippen molar-refractivity contribution in [3.8, 4) is 0 Å². The Labute approximate surface area is 185 Å². The van der Waals surface area contributed by atoms with Crippen molar-refractivity contribution >= 4 is 50.0 Å². The summed E-state index contributed by atoms with van der Waals surface area (Å²) in [5.41, 5.74) is 2.18. The van der Waals surface area contributed by atoms with Crippen molar-refractivity contribution in [2.24, 2.45) is 0 Å². The van der Waals surface area contributed by atoms with Crippen molar-refractivity contribution < 1.29 is 13.2 Å². The average Bonchev–Trinajstić information content (AvgIpc) is 2.72. The van der Waals surface area contributed by atoms with Gasteiger partial charge >= 0.3 is 0 Å². The Kier molecular flexibility index (Phi) is 5.79. The Bertz CT molecular complexity index is 1250. The van der Waals surface area contributed by atoms with E-state index in [1.54, 1.807) is 53.9 Å². The maximum absolute atomic E-state index is 13.9. The van der Waals surface area contributed by atoms with Crippen LogP contribution in [-0.2, 0) is 9.84 Å². The molecule has 0 N–H and O–H groups in total. The van der Waals surface area contributed by atoms with E-state index in [-0.39, 0.29) is 21.3 Å². The topological polar surface area (TPSA) is 67.3 Å². The molecule has 0 aliphatic carbocycles. The molecule has 1 saturated heterocycles. The Hall–Kier alpha value is -2.09. The van der Waals surface area contributed by atoms with Gasteiger partial charge in [0.25, 0.3) is 5.91 Å². The molecule has 4 rings (SSSR count). The number of carbonyl (C=O) groups is 1. The van der Waals surface area contributed by atoms with Crippen LogP contribution in [0, 0.1) is 13.8 Å². The lowest BCUT2D eigenvalue weighted by Gasteiger charge is -2.27. The summed E-state index contributed by atoms with van der Waals surface area (Å²) in [4.78, 5) is 19.6. The van der Waals surface area contributed by atoms with Gasteiger partial charge in [0.2, 0.25) is 9.84 Å². The van der Waals surface area contributed by atoms with E-state index in [0.29, 0.717) is 34.6 Å². The van der Waals surface area contributed by atoms with Crippen LogP contribution in [0.25, 0.3) is 10.9 Å². The van der Waals surface area contributed by atoms with Gasteiger partial charge in [-0.1, -0.05) is 29.3 Å². The number of sulfone groups is 1. The van der Waals surface area contributed by atoms with Gasteiger partial charge in [-0.3, -0.25) is 9.78 Å². The fourth-order valence-corrected chi connectivity index (χ4v) is 6.64. The van der Waals surface area contributed by atoms with Gasteiger partial charge in [0.05, 0.1) is 20.9 Å². The summed E-state index contributed by atoms with van der Waals surface area (Å²) >= 11 is 7.98. The second-order valence-electron chi connectivity index (χ2n) is 7.34. The highest BCUT2D eigenvalue weighted by Crippen LogP contribution is 2.34. The lowest BCUT2D eigenvalue weighted by atomic mass is 10.1. The van der Waals surface area contributed by atoms with Gasteiger partial charge in [-0.2, -0.15) is 11.8 Å². The summed E-state index contributed by atoms with van der Waals surface area (Å²) in [5.74, 6) is 1.35. The van der Waals surface area contributed by atoms with Crippen molar-refractivity contribution in [3.63, 3.8) is 0 Å². The minimum absolute atomic E-state index is 0.0230. The van der Waals surface area contributed by atoms with Crippen LogP contribution in [0.5, 0.6) is 0 Å². The largest absolute Gasteiger partial charge is 0.337 e. The molecular weight excluding hydrogens is 440 g/mol. The van der Waals surface area contributed by atoms with E-state index in [2.05, 4.69) is 4.98 Å². The molecule has 0 spiro atoms. The molecule has 1 aromatic heterocycles. The molecule has 0 bridgehead atoms. The molecule has 1 amide bonds. The Morgan fingerprint density at radius 3 is 2.53 bits per heavy atom. The van der Waals surface area contributed by atoms with Crippen LogP contribution in [0.1, 0.15) is 21.5 Å². The van der Waals surface area contributed by atoms with Crippen molar-refractivity contribution in [2.45, 2.75) is 23.6 Å². The van der Waals surface area contributed by atoms with E-state index in [4.69, 9.17) is 11.6 Å². The standard InChI is InChI=1S/C22H21ClN2O3S2/c1-14-3-6-20(15(2)11-14)30(27,28)21-17-12-16(23)4-5-19(17)24-13-18(21)22(26)25-7-9-29-10-8-25/h3-6,11-13H,7-10H2,1-2H3. The number of aromatic nitrogens is 1. The number of carbonyl (C=O) groups excluding carboxylic acids is 1. The number of halogens is 1. The molecule has 0 unspecified atom stereocenters. The lowest BCUT2D eigenvalue weighted by Crippen LogP contribution is -2.38. The van der Waals surface area contributed by atoms with Gasteiger partial charge in [-0.25, -0.2) is 8.42 Å². The van der Waals surface area contributed by atoms with Crippen molar-refractivity contribution in [3.05, 3.63) is 64.3 Å². The van der Waals surface area contributed by atoms with Gasteiger partial charge in [-0.15, -0.1) is 0 Å². The Balaban J connectivity index is 2.00. The van der Waals surface area contributed by atoms with E-state index < -0.39 is 9.84 Å². The molecule has 1 fully saturated rings. The van der Waals surface area contributed by atoms with Crippen molar-refractivity contribution in [1.82, 2.24) is 9.88 Å². The zero-order valence-electron chi connectivity index (χ0n) is 16.7. The highest BCUT2D eigenvalue weighted by Gasteiger charge is 2.31. The predicted octanol–water partition coefficient (Wildman–Crippen LogP) is 4.53. The highest BCUT2D eigenvalue weighted by atomic mass is 35.5. The summed E-state index contributed by atoms with van der Waals surface area (Å²) in [6.07, 6.45) is 1.39. The number of benzene rings is 2. The van der Waals surface area contributed by atoms with Gasteiger partial charge < -0.3 is 4.90 Å². The molecule has 3 aromatic rings. The zero-order valence-corrected chi connectivity index (χ0v) is 19.1. The Morgan fingerprint density at radius 2 is 1.83 bits per heavy atom. The summed E-state index contributed by atoms with van der Waals surface area (Å²) in [5, 5.41) is 0.750. The van der Waals surface area contributed by atoms with Crippen LogP contribution >= 0.6 is 23.4 Å². The van der Waals surface area contributed by atoms with Crippen molar-refractivity contribution in [1.29, 1.82) is 0 Å². The zero-order chi connectivity index (χ0) is 21.5. The van der Waals surface area contributed by atoms with Gasteiger partial charge in [-0.05, 0) is 43.7 Å². The first-order valence-electron chi connectivity index (χ1n) is 9.56. The SMILES string of the molecule is Cc1ccc(S(=O)(=O)c2c(C(=O)N3CCSCC3)cnc3ccc(Cl)cc23)c(C)c1. The molecule has 156 valence electrons. The number of hydrogen-bond acceptors (Lipinski definition) is 5. The minimum Gasteiger partial charge on any atom is -0.337 e. The van der Waals surface area contributed by atoms with Gasteiger partial charge in [0.15, 0.2) is 0 Å². The summed E-state index contributed by atoms with van der Waals surface area (Å²) in [6, 6.07) is 10.1. The van der Waals surface area contributed by atoms with E-state index in [1.165, 1.54) is 6.20 Å². The van der Waals surface area contributed by atoms with Crippen LogP contribution < -0.4 is 0 Å². The molecule has 1 aliphatic rings. The molecule has 0 radical (unpaired) electrons. The van der Waals surface area contributed by atoms with Crippen LogP contribution in [0.4, 0.5) is 0 Å². The number of nitrogens with zero attached hydrogens (tertiary/aromatic N) is 2. The van der Waals surface area contributed by atoms with Crippen molar-refractivity contribution in [2.75, 3.05) is 24.6 Å². The minimum atomic E-state index is -4.00. The molecule has 30 heavy (non-hydrogen) atoms. The first kappa shape index (κ1) is 21.2. The lowest BCUT2D eigenvalue weighted by molar-refractivity contribution is 0.0768. The summed E-state index contributed by atoms with van der Waals surface area (Å²) in [6.45, 7) is 4.84. The summed E-state index contributed by atoms with van der Waals surface area (Å²) in [7, 11) is -4.00. The second kappa shape index (κ2) is 8.21. The second-order valence-corrected chi connectivity index (χ2v) is 10.9. The third kappa shape index (κ3) is 3.82. The van der Waals surface area contributed by atoms with Crippen LogP contribution in [0.15, 0.2) is 52.4 Å². The number of rotatable bonds is 3. The number of amides is 1. The number of fused-ring (bicyclic) bond motifs is 1. The smallest absolute Gasteiger partial charge is 0.256 e. The first-order valence-corrected chi connectivity index (χ1v) is 12.6. The van der Waals surface area contributed by atoms with Crippen LogP contribution in [-0.4, -0.2) is 48.8 Å². The Morgan fingerprint density at radius 1 is 1.10 bits per heavy atom. The molecule has 1 aliphatic heterocycles. The molecular formula is C22H21ClN2O3S2. The van der Waals surface area contributed by atoms with E-state index in [9.17, 15) is 13.2 Å². The molecule has 5 nitrogen and oxygen atoms in total. The normalized spacial score (nSPS) is 14.8. The summed E-state index contributed by atoms with van der Waals surface area (Å²) < 4.78 is 27.7. The quantitative estimate of drug-likeness (QED) is 0.574. The first-order chi connectivity index (χ1) is 14.3. The van der Waals surface area contributed by atoms with Crippen LogP contribution in [0.3, 0.4) is 0 Å². The number of thioether (sulfide) groups is 1. The highest BCUT2D eigenvalue weighted by molar-refractivity contribution is 7.99. The molecule has 0 saturated carbocycles. The van der Waals surface area contributed by atoms with Gasteiger partial charge in [0, 0.05) is 41.2 Å². The van der Waals surface area contributed by atoms with Gasteiger partial charge in [0.1, 0.15) is 0 Å². The fraction of sp³-hybridized carbons (Fsp3) is 0.273. The van der Waals surface area contributed by atoms with E-state index in [0.717, 1.165) is 17.1 Å². The van der Waals surface area contributed by atoms with E-state index >= 15 is 0 Å². The maximum atomic E-state index is 13.9. The number of pyridine rings is 1. The molecule has 2 aromatic carbocycles. The molecule has 8 heteroatoms.